The van der Waals surface area contributed by atoms with E-state index >= 15 is 0 Å². The molecular weight excluding hydrogens is 282 g/mol. The number of hydrogen-bond acceptors (Lipinski definition) is 1. The Bertz CT molecular complexity index is 461. The zero-order chi connectivity index (χ0) is 15.3. The fourth-order valence-corrected chi connectivity index (χ4v) is 3.31. The SMILES string of the molecule is Cc1ccc(CCC(=O)NC2(CCl)CCC(C)CC2)cc1. The smallest absolute Gasteiger partial charge is 0.220 e. The first-order valence-electron chi connectivity index (χ1n) is 7.95. The molecule has 116 valence electrons. The van der Waals surface area contributed by atoms with E-state index in [9.17, 15) is 4.79 Å². The fraction of sp³-hybridized carbons (Fsp3) is 0.611. The summed E-state index contributed by atoms with van der Waals surface area (Å²) in [5, 5.41) is 3.21. The summed E-state index contributed by atoms with van der Waals surface area (Å²) >= 11 is 6.15. The highest BCUT2D eigenvalue weighted by atomic mass is 35.5. The zero-order valence-corrected chi connectivity index (χ0v) is 13.9. The van der Waals surface area contributed by atoms with Crippen LogP contribution < -0.4 is 5.32 Å². The minimum absolute atomic E-state index is 0.130. The largest absolute Gasteiger partial charge is 0.349 e. The third kappa shape index (κ3) is 4.74. The third-order valence-electron chi connectivity index (χ3n) is 4.65. The molecular formula is C18H26ClNO. The maximum Gasteiger partial charge on any atom is 0.220 e. The molecule has 1 aliphatic carbocycles. The highest BCUT2D eigenvalue weighted by Gasteiger charge is 2.34. The van der Waals surface area contributed by atoms with Crippen molar-refractivity contribution < 1.29 is 4.79 Å². The normalized spacial score (nSPS) is 25.6. The van der Waals surface area contributed by atoms with Crippen LogP contribution in [0.15, 0.2) is 24.3 Å². The van der Waals surface area contributed by atoms with Crippen LogP contribution in [0.2, 0.25) is 0 Å². The molecule has 1 aromatic rings. The van der Waals surface area contributed by atoms with Gasteiger partial charge in [-0.15, -0.1) is 11.6 Å². The average Bonchev–Trinajstić information content (AvgIpc) is 2.49. The second-order valence-electron chi connectivity index (χ2n) is 6.63. The second kappa shape index (κ2) is 7.31. The van der Waals surface area contributed by atoms with Crippen molar-refractivity contribution in [2.75, 3.05) is 5.88 Å². The Hall–Kier alpha value is -1.02. The van der Waals surface area contributed by atoms with E-state index in [4.69, 9.17) is 11.6 Å². The second-order valence-corrected chi connectivity index (χ2v) is 6.90. The molecule has 2 nitrogen and oxygen atoms in total. The quantitative estimate of drug-likeness (QED) is 0.810. The molecule has 0 radical (unpaired) electrons. The van der Waals surface area contributed by atoms with Gasteiger partial charge in [-0.2, -0.15) is 0 Å². The van der Waals surface area contributed by atoms with Gasteiger partial charge in [-0.3, -0.25) is 4.79 Å². The van der Waals surface area contributed by atoms with Gasteiger partial charge < -0.3 is 5.32 Å². The van der Waals surface area contributed by atoms with Gasteiger partial charge in [0.15, 0.2) is 0 Å². The van der Waals surface area contributed by atoms with Crippen molar-refractivity contribution in [1.29, 1.82) is 0 Å². The number of amides is 1. The van der Waals surface area contributed by atoms with Crippen LogP contribution in [-0.2, 0) is 11.2 Å². The Kier molecular flexibility index (Phi) is 5.69. The van der Waals surface area contributed by atoms with E-state index in [1.54, 1.807) is 0 Å². The standard InChI is InChI=1S/C18H26ClNO/c1-14-3-5-16(6-4-14)7-8-17(21)20-18(13-19)11-9-15(2)10-12-18/h3-6,15H,7-13H2,1-2H3,(H,20,21). The lowest BCUT2D eigenvalue weighted by atomic mass is 9.78. The Balaban J connectivity index is 1.84. The summed E-state index contributed by atoms with van der Waals surface area (Å²) < 4.78 is 0. The maximum atomic E-state index is 12.2. The summed E-state index contributed by atoms with van der Waals surface area (Å²) in [5.41, 5.74) is 2.30. The van der Waals surface area contributed by atoms with E-state index < -0.39 is 0 Å². The van der Waals surface area contributed by atoms with E-state index in [1.807, 2.05) is 0 Å². The van der Waals surface area contributed by atoms with Gasteiger partial charge in [-0.1, -0.05) is 36.8 Å². The van der Waals surface area contributed by atoms with E-state index in [0.717, 1.165) is 38.0 Å². The van der Waals surface area contributed by atoms with Crippen molar-refractivity contribution in [3.8, 4) is 0 Å². The van der Waals surface area contributed by atoms with E-state index in [2.05, 4.69) is 43.4 Å². The van der Waals surface area contributed by atoms with Gasteiger partial charge in [0.05, 0.1) is 5.54 Å². The Labute approximate surface area is 133 Å². The van der Waals surface area contributed by atoms with Gasteiger partial charge in [-0.25, -0.2) is 0 Å². The predicted octanol–water partition coefficient (Wildman–Crippen LogP) is 4.23. The minimum atomic E-state index is -0.168. The molecule has 0 aromatic heterocycles. The molecule has 1 saturated carbocycles. The van der Waals surface area contributed by atoms with E-state index in [1.165, 1.54) is 11.1 Å². The summed E-state index contributed by atoms with van der Waals surface area (Å²) in [6.07, 6.45) is 5.66. The number of nitrogens with one attached hydrogen (secondary N) is 1. The molecule has 0 unspecified atom stereocenters. The highest BCUT2D eigenvalue weighted by Crippen LogP contribution is 2.32. The van der Waals surface area contributed by atoms with Gasteiger partial charge in [0, 0.05) is 12.3 Å². The van der Waals surface area contributed by atoms with E-state index in [0.29, 0.717) is 12.3 Å². The van der Waals surface area contributed by atoms with Crippen LogP contribution in [0.25, 0.3) is 0 Å². The Morgan fingerprint density at radius 1 is 1.29 bits per heavy atom. The average molecular weight is 308 g/mol. The zero-order valence-electron chi connectivity index (χ0n) is 13.1. The molecule has 0 atom stereocenters. The van der Waals surface area contributed by atoms with Crippen LogP contribution in [0, 0.1) is 12.8 Å². The number of carbonyl (C=O) groups excluding carboxylic acids is 1. The molecule has 1 N–H and O–H groups in total. The van der Waals surface area contributed by atoms with Crippen molar-refractivity contribution in [2.45, 2.75) is 57.9 Å². The maximum absolute atomic E-state index is 12.2. The first-order valence-corrected chi connectivity index (χ1v) is 8.49. The number of carbonyl (C=O) groups is 1. The molecule has 0 bridgehead atoms. The fourth-order valence-electron chi connectivity index (χ4n) is 2.98. The number of aryl methyl sites for hydroxylation is 2. The minimum Gasteiger partial charge on any atom is -0.349 e. The van der Waals surface area contributed by atoms with Crippen LogP contribution in [0.4, 0.5) is 0 Å². The predicted molar refractivity (Wildman–Crippen MR) is 88.7 cm³/mol. The molecule has 0 spiro atoms. The summed E-state index contributed by atoms with van der Waals surface area (Å²) in [5.74, 6) is 1.41. The number of hydrogen-bond donors (Lipinski definition) is 1. The molecule has 2 rings (SSSR count). The van der Waals surface area contributed by atoms with Crippen LogP contribution in [-0.4, -0.2) is 17.3 Å². The Morgan fingerprint density at radius 2 is 1.90 bits per heavy atom. The number of benzene rings is 1. The van der Waals surface area contributed by atoms with Crippen molar-refractivity contribution in [3.63, 3.8) is 0 Å². The van der Waals surface area contributed by atoms with Gasteiger partial charge in [0.1, 0.15) is 0 Å². The first kappa shape index (κ1) is 16.4. The van der Waals surface area contributed by atoms with Crippen molar-refractivity contribution in [1.82, 2.24) is 5.32 Å². The molecule has 21 heavy (non-hydrogen) atoms. The molecule has 3 heteroatoms. The molecule has 1 fully saturated rings. The topological polar surface area (TPSA) is 29.1 Å². The van der Waals surface area contributed by atoms with Gasteiger partial charge in [-0.05, 0) is 50.5 Å². The molecule has 1 aromatic carbocycles. The lowest BCUT2D eigenvalue weighted by Crippen LogP contribution is -2.52. The molecule has 1 aliphatic rings. The van der Waals surface area contributed by atoms with Gasteiger partial charge in [0.2, 0.25) is 5.91 Å². The number of rotatable bonds is 5. The lowest BCUT2D eigenvalue weighted by molar-refractivity contribution is -0.123. The highest BCUT2D eigenvalue weighted by molar-refractivity contribution is 6.18. The number of halogens is 1. The summed E-state index contributed by atoms with van der Waals surface area (Å²) in [6, 6.07) is 8.39. The molecule has 0 heterocycles. The summed E-state index contributed by atoms with van der Waals surface area (Å²) in [7, 11) is 0. The van der Waals surface area contributed by atoms with Gasteiger partial charge in [0.25, 0.3) is 0 Å². The van der Waals surface area contributed by atoms with Gasteiger partial charge >= 0.3 is 0 Å². The monoisotopic (exact) mass is 307 g/mol. The van der Waals surface area contributed by atoms with Crippen LogP contribution in [0.3, 0.4) is 0 Å². The molecule has 1 amide bonds. The third-order valence-corrected chi connectivity index (χ3v) is 5.16. The van der Waals surface area contributed by atoms with Crippen molar-refractivity contribution in [2.24, 2.45) is 5.92 Å². The summed E-state index contributed by atoms with van der Waals surface area (Å²) in [6.45, 7) is 4.35. The van der Waals surface area contributed by atoms with Crippen molar-refractivity contribution >= 4 is 17.5 Å². The summed E-state index contributed by atoms with van der Waals surface area (Å²) in [4.78, 5) is 12.2. The first-order chi connectivity index (χ1) is 10.0. The molecule has 0 aliphatic heterocycles. The Morgan fingerprint density at radius 3 is 2.48 bits per heavy atom. The lowest BCUT2D eigenvalue weighted by Gasteiger charge is -2.38. The van der Waals surface area contributed by atoms with Crippen molar-refractivity contribution in [3.05, 3.63) is 35.4 Å². The van der Waals surface area contributed by atoms with Crippen LogP contribution >= 0.6 is 11.6 Å². The van der Waals surface area contributed by atoms with E-state index in [-0.39, 0.29) is 11.4 Å². The van der Waals surface area contributed by atoms with Crippen LogP contribution in [0.5, 0.6) is 0 Å². The number of alkyl halides is 1. The van der Waals surface area contributed by atoms with Crippen LogP contribution in [0.1, 0.15) is 50.2 Å². The molecule has 0 saturated heterocycles.